The number of hydrogen-bond acceptors (Lipinski definition) is 5. The Hall–Kier alpha value is -2.12. The molecule has 2 amide bonds. The van der Waals surface area contributed by atoms with Crippen molar-refractivity contribution in [2.45, 2.75) is 19.4 Å². The molecule has 1 aromatic rings. The zero-order valence-corrected chi connectivity index (χ0v) is 8.15. The van der Waals surface area contributed by atoms with Gasteiger partial charge in [0, 0.05) is 12.5 Å². The highest BCUT2D eigenvalue weighted by Crippen LogP contribution is 1.95. The molecule has 1 heterocycles. The van der Waals surface area contributed by atoms with E-state index in [9.17, 15) is 9.59 Å². The van der Waals surface area contributed by atoms with Gasteiger partial charge in [0.2, 0.25) is 17.7 Å². The van der Waals surface area contributed by atoms with E-state index in [1.54, 1.807) is 6.92 Å². The van der Waals surface area contributed by atoms with Crippen LogP contribution >= 0.6 is 0 Å². The van der Waals surface area contributed by atoms with Gasteiger partial charge in [0.1, 0.15) is 0 Å². The number of rotatable bonds is 4. The summed E-state index contributed by atoms with van der Waals surface area (Å²) in [6.45, 7) is 1.66. The molecule has 0 aliphatic rings. The first-order chi connectivity index (χ1) is 6.99. The third kappa shape index (κ3) is 3.25. The summed E-state index contributed by atoms with van der Waals surface area (Å²) in [6.07, 6.45) is 0.0648. The van der Waals surface area contributed by atoms with E-state index in [1.807, 2.05) is 0 Å². The molecule has 0 bridgehead atoms. The van der Waals surface area contributed by atoms with Gasteiger partial charge in [0.15, 0.2) is 0 Å². The predicted octanol–water partition coefficient (Wildman–Crippen LogP) is -1.62. The summed E-state index contributed by atoms with van der Waals surface area (Å²) in [5, 5.41) is 8.36. The highest BCUT2D eigenvalue weighted by molar-refractivity contribution is 5.91. The van der Waals surface area contributed by atoms with Gasteiger partial charge in [0.25, 0.3) is 5.91 Å². The minimum atomic E-state index is -0.486. The number of nitrogens with zero attached hydrogens (tertiary/aromatic N) is 2. The summed E-state index contributed by atoms with van der Waals surface area (Å²) in [7, 11) is 0. The fraction of sp³-hybridized carbons (Fsp3) is 0.429. The van der Waals surface area contributed by atoms with Crippen molar-refractivity contribution in [1.82, 2.24) is 20.5 Å². The van der Waals surface area contributed by atoms with Crippen LogP contribution in [0.5, 0.6) is 0 Å². The fourth-order valence-electron chi connectivity index (χ4n) is 1.02. The quantitative estimate of drug-likeness (QED) is 0.475. The summed E-state index contributed by atoms with van der Waals surface area (Å²) in [4.78, 5) is 25.6. The summed E-state index contributed by atoms with van der Waals surface area (Å²) in [5.41, 5.74) is 10.2. The van der Waals surface area contributed by atoms with Crippen LogP contribution in [0.3, 0.4) is 0 Å². The lowest BCUT2D eigenvalue weighted by Gasteiger charge is -2.09. The minimum Gasteiger partial charge on any atom is -0.370 e. The number of amides is 2. The lowest BCUT2D eigenvalue weighted by atomic mass is 10.2. The summed E-state index contributed by atoms with van der Waals surface area (Å²) < 4.78 is 0. The zero-order chi connectivity index (χ0) is 11.4. The Bertz CT molecular complexity index is 373. The molecule has 0 radical (unpaired) electrons. The second-order valence-corrected chi connectivity index (χ2v) is 3.09. The van der Waals surface area contributed by atoms with Crippen molar-refractivity contribution >= 4 is 17.8 Å². The smallest absolute Gasteiger partial charge is 0.288 e. The Morgan fingerprint density at radius 1 is 1.60 bits per heavy atom. The fourth-order valence-corrected chi connectivity index (χ4v) is 1.02. The van der Waals surface area contributed by atoms with E-state index in [1.165, 1.54) is 0 Å². The van der Waals surface area contributed by atoms with Crippen LogP contribution in [0.2, 0.25) is 0 Å². The number of anilines is 1. The molecule has 1 unspecified atom stereocenters. The van der Waals surface area contributed by atoms with Crippen LogP contribution < -0.4 is 16.8 Å². The zero-order valence-electron chi connectivity index (χ0n) is 8.15. The number of H-pyrrole nitrogens is 1. The van der Waals surface area contributed by atoms with Gasteiger partial charge in [-0.05, 0) is 6.92 Å². The number of nitrogens with one attached hydrogen (secondary N) is 2. The number of aromatic nitrogens is 3. The molecule has 0 aliphatic heterocycles. The number of aromatic amines is 1. The standard InChI is InChI=1S/C7H12N6O2/c1-3(2-4(8)14)10-6(15)5-11-7(9)13-12-5/h3H,2H2,1H3,(H2,8,14)(H,10,15)(H3,9,11,12,13). The van der Waals surface area contributed by atoms with E-state index in [0.717, 1.165) is 0 Å². The molecule has 1 atom stereocenters. The SMILES string of the molecule is CC(CC(N)=O)NC(=O)c1nc(N)n[nH]1. The third-order valence-corrected chi connectivity index (χ3v) is 1.60. The van der Waals surface area contributed by atoms with E-state index in [4.69, 9.17) is 11.5 Å². The van der Waals surface area contributed by atoms with Crippen LogP contribution in [-0.2, 0) is 4.79 Å². The molecule has 15 heavy (non-hydrogen) atoms. The highest BCUT2D eigenvalue weighted by Gasteiger charge is 2.14. The first kappa shape index (κ1) is 11.0. The molecule has 6 N–H and O–H groups in total. The van der Waals surface area contributed by atoms with Crippen molar-refractivity contribution in [2.75, 3.05) is 5.73 Å². The maximum atomic E-state index is 11.4. The number of nitrogen functional groups attached to an aromatic ring is 1. The van der Waals surface area contributed by atoms with Crippen molar-refractivity contribution in [3.05, 3.63) is 5.82 Å². The molecule has 0 spiro atoms. The van der Waals surface area contributed by atoms with Crippen molar-refractivity contribution in [3.63, 3.8) is 0 Å². The molecule has 0 aliphatic carbocycles. The number of primary amides is 1. The Labute approximate surface area is 85.4 Å². The molecule has 1 aromatic heterocycles. The predicted molar refractivity (Wildman–Crippen MR) is 51.5 cm³/mol. The van der Waals surface area contributed by atoms with E-state index >= 15 is 0 Å². The molecule has 0 aromatic carbocycles. The minimum absolute atomic E-state index is 0.00354. The van der Waals surface area contributed by atoms with Crippen molar-refractivity contribution < 1.29 is 9.59 Å². The van der Waals surface area contributed by atoms with Crippen LogP contribution in [0.4, 0.5) is 5.95 Å². The van der Waals surface area contributed by atoms with E-state index < -0.39 is 11.8 Å². The molecule has 0 saturated heterocycles. The van der Waals surface area contributed by atoms with Gasteiger partial charge in [-0.3, -0.25) is 14.7 Å². The monoisotopic (exact) mass is 212 g/mol. The first-order valence-electron chi connectivity index (χ1n) is 4.26. The topological polar surface area (TPSA) is 140 Å². The number of carbonyl (C=O) groups is 2. The summed E-state index contributed by atoms with van der Waals surface area (Å²) in [5.74, 6) is -0.973. The number of nitrogens with two attached hydrogens (primary N) is 2. The normalized spacial score (nSPS) is 12.1. The highest BCUT2D eigenvalue weighted by atomic mass is 16.2. The molecular formula is C7H12N6O2. The van der Waals surface area contributed by atoms with Crippen LogP contribution in [0.15, 0.2) is 0 Å². The summed E-state index contributed by atoms with van der Waals surface area (Å²) in [6, 6.07) is -0.360. The second kappa shape index (κ2) is 4.40. The maximum Gasteiger partial charge on any atom is 0.288 e. The molecule has 8 nitrogen and oxygen atoms in total. The lowest BCUT2D eigenvalue weighted by molar-refractivity contribution is -0.118. The molecule has 8 heteroatoms. The molecule has 1 rings (SSSR count). The number of carbonyl (C=O) groups excluding carboxylic acids is 2. The Balaban J connectivity index is 2.52. The van der Waals surface area contributed by atoms with E-state index in [-0.39, 0.29) is 24.2 Å². The Kier molecular flexibility index (Phi) is 3.21. The van der Waals surface area contributed by atoms with Crippen molar-refractivity contribution in [3.8, 4) is 0 Å². The van der Waals surface area contributed by atoms with E-state index in [2.05, 4.69) is 20.5 Å². The van der Waals surface area contributed by atoms with Gasteiger partial charge >= 0.3 is 0 Å². The van der Waals surface area contributed by atoms with Crippen LogP contribution in [0, 0.1) is 0 Å². The Morgan fingerprint density at radius 2 is 2.27 bits per heavy atom. The first-order valence-corrected chi connectivity index (χ1v) is 4.26. The van der Waals surface area contributed by atoms with Crippen LogP contribution in [-0.4, -0.2) is 33.0 Å². The lowest BCUT2D eigenvalue weighted by Crippen LogP contribution is -2.36. The number of hydrogen-bond donors (Lipinski definition) is 4. The van der Waals surface area contributed by atoms with Crippen LogP contribution in [0.1, 0.15) is 24.0 Å². The van der Waals surface area contributed by atoms with Crippen molar-refractivity contribution in [1.29, 1.82) is 0 Å². The maximum absolute atomic E-state index is 11.4. The third-order valence-electron chi connectivity index (χ3n) is 1.60. The molecule has 0 fully saturated rings. The molecule has 82 valence electrons. The average Bonchev–Trinajstić information content (AvgIpc) is 2.49. The Morgan fingerprint density at radius 3 is 2.73 bits per heavy atom. The average molecular weight is 212 g/mol. The van der Waals surface area contributed by atoms with Gasteiger partial charge in [0.05, 0.1) is 0 Å². The van der Waals surface area contributed by atoms with Crippen LogP contribution in [0.25, 0.3) is 0 Å². The molecular weight excluding hydrogens is 200 g/mol. The van der Waals surface area contributed by atoms with Crippen molar-refractivity contribution in [2.24, 2.45) is 5.73 Å². The van der Waals surface area contributed by atoms with Gasteiger partial charge in [-0.2, -0.15) is 4.98 Å². The summed E-state index contributed by atoms with van der Waals surface area (Å²) >= 11 is 0. The largest absolute Gasteiger partial charge is 0.370 e. The van der Waals surface area contributed by atoms with Gasteiger partial charge < -0.3 is 16.8 Å². The van der Waals surface area contributed by atoms with Gasteiger partial charge in [-0.25, -0.2) is 0 Å². The van der Waals surface area contributed by atoms with Gasteiger partial charge in [-0.1, -0.05) is 0 Å². The van der Waals surface area contributed by atoms with Gasteiger partial charge in [-0.15, -0.1) is 5.10 Å². The van der Waals surface area contributed by atoms with E-state index in [0.29, 0.717) is 0 Å². The second-order valence-electron chi connectivity index (χ2n) is 3.09. The molecule has 0 saturated carbocycles.